The van der Waals surface area contributed by atoms with Crippen LogP contribution in [-0.2, 0) is 18.4 Å². The third-order valence-corrected chi connectivity index (χ3v) is 2.66. The van der Waals surface area contributed by atoms with Gasteiger partial charge in [0.05, 0.1) is 12.2 Å². The van der Waals surface area contributed by atoms with Crippen LogP contribution < -0.4 is 0 Å². The van der Waals surface area contributed by atoms with Gasteiger partial charge in [-0.25, -0.2) is 0 Å². The Morgan fingerprint density at radius 2 is 2.50 bits per heavy atom. The zero-order chi connectivity index (χ0) is 10.1. The second-order valence-electron chi connectivity index (χ2n) is 3.61. The molecule has 1 aromatic rings. The van der Waals surface area contributed by atoms with Crippen molar-refractivity contribution < 1.29 is 4.79 Å². The highest BCUT2D eigenvalue weighted by atomic mass is 32.1. The fourth-order valence-corrected chi connectivity index (χ4v) is 2.00. The topological polar surface area (TPSA) is 38.1 Å². The Morgan fingerprint density at radius 3 is 3.00 bits per heavy atom. The lowest BCUT2D eigenvalue weighted by molar-refractivity contribution is -0.128. The Labute approximate surface area is 88.3 Å². The van der Waals surface area contributed by atoms with Gasteiger partial charge in [-0.2, -0.15) is 17.7 Å². The Morgan fingerprint density at radius 1 is 1.71 bits per heavy atom. The van der Waals surface area contributed by atoms with Gasteiger partial charge in [0.1, 0.15) is 0 Å². The van der Waals surface area contributed by atoms with Crippen LogP contribution in [0.15, 0.2) is 12.3 Å². The van der Waals surface area contributed by atoms with E-state index in [9.17, 15) is 4.79 Å². The van der Waals surface area contributed by atoms with Gasteiger partial charge in [-0.3, -0.25) is 9.48 Å². The molecule has 2 rings (SSSR count). The third-order valence-electron chi connectivity index (χ3n) is 2.32. The van der Waals surface area contributed by atoms with Gasteiger partial charge in [-0.1, -0.05) is 0 Å². The molecule has 1 aliphatic heterocycles. The van der Waals surface area contributed by atoms with E-state index in [1.165, 1.54) is 0 Å². The predicted molar refractivity (Wildman–Crippen MR) is 56.0 cm³/mol. The third kappa shape index (κ3) is 1.92. The predicted octanol–water partition coefficient (Wildman–Crippen LogP) is 0.451. The van der Waals surface area contributed by atoms with Crippen LogP contribution in [0, 0.1) is 0 Å². The Bertz CT molecular complexity index is 350. The van der Waals surface area contributed by atoms with Crippen molar-refractivity contribution in [3.05, 3.63) is 18.0 Å². The molecule has 76 valence electrons. The molecule has 5 heteroatoms. The summed E-state index contributed by atoms with van der Waals surface area (Å²) in [5, 5.41) is 4.42. The van der Waals surface area contributed by atoms with Crippen molar-refractivity contribution in [3.63, 3.8) is 0 Å². The van der Waals surface area contributed by atoms with Gasteiger partial charge in [0.2, 0.25) is 5.91 Å². The first kappa shape index (κ1) is 9.58. The molecule has 0 saturated carbocycles. The molecule has 1 amide bonds. The summed E-state index contributed by atoms with van der Waals surface area (Å²) in [5.74, 6) is 0.177. The molecule has 1 aliphatic rings. The lowest BCUT2D eigenvalue weighted by Gasteiger charge is -2.13. The van der Waals surface area contributed by atoms with Gasteiger partial charge >= 0.3 is 0 Å². The summed E-state index contributed by atoms with van der Waals surface area (Å²) in [6, 6.07) is 1.93. The van der Waals surface area contributed by atoms with E-state index < -0.39 is 0 Å². The molecule has 1 atom stereocenters. The molecule has 0 aromatic carbocycles. The largest absolute Gasteiger partial charge is 0.336 e. The molecule has 14 heavy (non-hydrogen) atoms. The van der Waals surface area contributed by atoms with Crippen molar-refractivity contribution >= 4 is 18.5 Å². The highest BCUT2D eigenvalue weighted by molar-refractivity contribution is 7.81. The average molecular weight is 211 g/mol. The first-order chi connectivity index (χ1) is 6.65. The maximum absolute atomic E-state index is 11.4. The molecular formula is C9H13N3OS. The summed E-state index contributed by atoms with van der Waals surface area (Å²) < 4.78 is 1.74. The fourth-order valence-electron chi connectivity index (χ4n) is 1.65. The molecule has 0 aliphatic carbocycles. The minimum Gasteiger partial charge on any atom is -0.336 e. The molecule has 1 fully saturated rings. The van der Waals surface area contributed by atoms with Crippen molar-refractivity contribution in [2.75, 3.05) is 6.54 Å². The number of aromatic nitrogens is 2. The Kier molecular flexibility index (Phi) is 2.50. The van der Waals surface area contributed by atoms with Crippen molar-refractivity contribution in [1.82, 2.24) is 14.7 Å². The number of carbonyl (C=O) groups is 1. The number of aryl methyl sites for hydroxylation is 1. The van der Waals surface area contributed by atoms with E-state index in [0.29, 0.717) is 13.0 Å². The standard InChI is InChI=1S/C9H13N3OS/c1-11-3-2-7(10-11)5-12-6-8(14)4-9(12)13/h2-3,8,14H,4-6H2,1H3. The summed E-state index contributed by atoms with van der Waals surface area (Å²) >= 11 is 4.29. The van der Waals surface area contributed by atoms with Crippen molar-refractivity contribution in [2.24, 2.45) is 7.05 Å². The van der Waals surface area contributed by atoms with Crippen molar-refractivity contribution in [2.45, 2.75) is 18.2 Å². The fraction of sp³-hybridized carbons (Fsp3) is 0.556. The zero-order valence-corrected chi connectivity index (χ0v) is 8.94. The Hall–Kier alpha value is -0.970. The van der Waals surface area contributed by atoms with Crippen LogP contribution >= 0.6 is 12.6 Å². The normalized spacial score (nSPS) is 22.0. The van der Waals surface area contributed by atoms with Crippen LogP contribution in [0.2, 0.25) is 0 Å². The van der Waals surface area contributed by atoms with E-state index in [-0.39, 0.29) is 11.2 Å². The molecule has 0 N–H and O–H groups in total. The number of carbonyl (C=O) groups excluding carboxylic acids is 1. The number of thiol groups is 1. The summed E-state index contributed by atoms with van der Waals surface area (Å²) in [6.07, 6.45) is 2.43. The first-order valence-electron chi connectivity index (χ1n) is 4.59. The number of hydrogen-bond donors (Lipinski definition) is 1. The van der Waals surface area contributed by atoms with Gasteiger partial charge in [0, 0.05) is 31.5 Å². The number of likely N-dealkylation sites (tertiary alicyclic amines) is 1. The lowest BCUT2D eigenvalue weighted by atomic mass is 10.4. The highest BCUT2D eigenvalue weighted by Gasteiger charge is 2.27. The number of amides is 1. The smallest absolute Gasteiger partial charge is 0.224 e. The zero-order valence-electron chi connectivity index (χ0n) is 8.05. The monoisotopic (exact) mass is 211 g/mol. The van der Waals surface area contributed by atoms with Crippen LogP contribution in [-0.4, -0.2) is 32.4 Å². The first-order valence-corrected chi connectivity index (χ1v) is 5.11. The van der Waals surface area contributed by atoms with Crippen LogP contribution in [0.25, 0.3) is 0 Å². The minimum absolute atomic E-state index is 0.177. The average Bonchev–Trinajstić information content (AvgIpc) is 2.61. The SMILES string of the molecule is Cn1ccc(CN2CC(S)CC2=O)n1. The highest BCUT2D eigenvalue weighted by Crippen LogP contribution is 2.17. The summed E-state index contributed by atoms with van der Waals surface area (Å²) in [7, 11) is 1.87. The second-order valence-corrected chi connectivity index (χ2v) is 4.34. The minimum atomic E-state index is 0.177. The molecule has 0 bridgehead atoms. The lowest BCUT2D eigenvalue weighted by Crippen LogP contribution is -2.24. The van der Waals surface area contributed by atoms with Gasteiger partial charge in [0.25, 0.3) is 0 Å². The van der Waals surface area contributed by atoms with E-state index in [1.54, 1.807) is 9.58 Å². The van der Waals surface area contributed by atoms with E-state index in [2.05, 4.69) is 17.7 Å². The van der Waals surface area contributed by atoms with Gasteiger partial charge in [0.15, 0.2) is 0 Å². The summed E-state index contributed by atoms with van der Waals surface area (Å²) in [5.41, 5.74) is 0.934. The Balaban J connectivity index is 2.01. The van der Waals surface area contributed by atoms with Gasteiger partial charge < -0.3 is 4.90 Å². The molecular weight excluding hydrogens is 198 g/mol. The molecule has 1 saturated heterocycles. The number of hydrogen-bond acceptors (Lipinski definition) is 3. The van der Waals surface area contributed by atoms with Gasteiger partial charge in [-0.15, -0.1) is 0 Å². The summed E-state index contributed by atoms with van der Waals surface area (Å²) in [4.78, 5) is 13.2. The quantitative estimate of drug-likeness (QED) is 0.721. The summed E-state index contributed by atoms with van der Waals surface area (Å²) in [6.45, 7) is 1.34. The molecule has 0 spiro atoms. The number of rotatable bonds is 2. The second kappa shape index (κ2) is 3.65. The van der Waals surface area contributed by atoms with Gasteiger partial charge in [-0.05, 0) is 6.07 Å². The van der Waals surface area contributed by atoms with Crippen LogP contribution in [0.3, 0.4) is 0 Å². The molecule has 1 unspecified atom stereocenters. The van der Waals surface area contributed by atoms with Crippen LogP contribution in [0.5, 0.6) is 0 Å². The maximum Gasteiger partial charge on any atom is 0.224 e. The van der Waals surface area contributed by atoms with E-state index in [1.807, 2.05) is 19.3 Å². The van der Waals surface area contributed by atoms with Crippen LogP contribution in [0.1, 0.15) is 12.1 Å². The maximum atomic E-state index is 11.4. The molecule has 0 radical (unpaired) electrons. The molecule has 1 aromatic heterocycles. The van der Waals surface area contributed by atoms with E-state index >= 15 is 0 Å². The van der Waals surface area contributed by atoms with Crippen LogP contribution in [0.4, 0.5) is 0 Å². The van der Waals surface area contributed by atoms with E-state index in [4.69, 9.17) is 0 Å². The van der Waals surface area contributed by atoms with Crippen molar-refractivity contribution in [3.8, 4) is 0 Å². The van der Waals surface area contributed by atoms with Crippen molar-refractivity contribution in [1.29, 1.82) is 0 Å². The van der Waals surface area contributed by atoms with E-state index in [0.717, 1.165) is 12.2 Å². The number of nitrogens with zero attached hydrogens (tertiary/aromatic N) is 3. The molecule has 4 nitrogen and oxygen atoms in total. The molecule has 2 heterocycles.